The molecule has 0 atom stereocenters. The SMILES string of the molecule is SSSS.[Cu].[Cu].[SnH4].[Zn]. The molecule has 8 heteroatoms. The van der Waals surface area contributed by atoms with Crippen molar-refractivity contribution in [2.45, 2.75) is 0 Å². The molecule has 0 fully saturated rings. The minimum atomic E-state index is 0. The molecule has 0 unspecified atom stereocenters. The molecule has 0 heterocycles. The van der Waals surface area contributed by atoms with Crippen LogP contribution in [0.5, 0.6) is 0 Å². The standard InChI is InChI=1S/2Cu.H2S4.Sn.Zn.4H/c;;1-3-4-2;;;;;;/h;;1-2H;;;;;;. The summed E-state index contributed by atoms with van der Waals surface area (Å²) in [7, 11) is 2.66. The maximum atomic E-state index is 3.72. The molecule has 0 aliphatic heterocycles. The monoisotopic (exact) mass is 444 g/mol. The average Bonchev–Trinajstić information content (AvgIpc) is 1.37. The summed E-state index contributed by atoms with van der Waals surface area (Å²) in [6.07, 6.45) is 0. The van der Waals surface area contributed by atoms with Crippen LogP contribution in [0.15, 0.2) is 0 Å². The molecule has 0 aromatic rings. The van der Waals surface area contributed by atoms with Crippen LogP contribution in [0.25, 0.3) is 0 Å². The van der Waals surface area contributed by atoms with Crippen LogP contribution in [-0.4, -0.2) is 23.9 Å². The van der Waals surface area contributed by atoms with Gasteiger partial charge in [-0.25, -0.2) is 0 Å². The van der Waals surface area contributed by atoms with Gasteiger partial charge in [-0.1, -0.05) is 23.3 Å². The molecule has 0 aromatic heterocycles. The second-order valence-corrected chi connectivity index (χ2v) is 4.02. The second kappa shape index (κ2) is 30.7. The molecule has 0 bridgehead atoms. The largest absolute Gasteiger partial charge is 0 e. The third kappa shape index (κ3) is 32.8. The Kier molecular flexibility index (Phi) is 114. The average molecular weight is 446 g/mol. The molecule has 0 saturated heterocycles. The number of thiol groups is 2. The first-order valence-corrected chi connectivity index (χ1v) is 4.79. The Morgan fingerprint density at radius 1 is 0.875 bits per heavy atom. The van der Waals surface area contributed by atoms with Gasteiger partial charge in [-0.05, 0) is 19.7 Å². The minimum absolute atomic E-state index is 0. The smallest absolute Gasteiger partial charge is 0 e. The van der Waals surface area contributed by atoms with E-state index in [4.69, 9.17) is 0 Å². The van der Waals surface area contributed by atoms with Gasteiger partial charge < -0.3 is 0 Å². The van der Waals surface area contributed by atoms with Crippen LogP contribution < -0.4 is 0 Å². The zero-order valence-corrected chi connectivity index (χ0v) is 11.3. The van der Waals surface area contributed by atoms with Gasteiger partial charge in [0.1, 0.15) is 0 Å². The van der Waals surface area contributed by atoms with Crippen molar-refractivity contribution < 1.29 is 53.6 Å². The van der Waals surface area contributed by atoms with Gasteiger partial charge in [-0.2, -0.15) is 0 Å². The van der Waals surface area contributed by atoms with Crippen LogP contribution in [0.3, 0.4) is 0 Å². The fraction of sp³-hybridized carbons (Fsp3) is 0. The van der Waals surface area contributed by atoms with Crippen molar-refractivity contribution in [3.63, 3.8) is 0 Å². The van der Waals surface area contributed by atoms with Gasteiger partial charge >= 0.3 is 23.9 Å². The summed E-state index contributed by atoms with van der Waals surface area (Å²) in [5.41, 5.74) is 0. The Balaban J connectivity index is -0.00000000750. The van der Waals surface area contributed by atoms with Gasteiger partial charge in [0.2, 0.25) is 0 Å². The van der Waals surface area contributed by atoms with Crippen LogP contribution >= 0.6 is 43.0 Å². The van der Waals surface area contributed by atoms with E-state index in [1.54, 1.807) is 0 Å². The van der Waals surface area contributed by atoms with Crippen molar-refractivity contribution in [3.05, 3.63) is 0 Å². The molecule has 0 aliphatic carbocycles. The third-order valence-corrected chi connectivity index (χ3v) is 2.70. The van der Waals surface area contributed by atoms with E-state index in [9.17, 15) is 0 Å². The van der Waals surface area contributed by atoms with Crippen LogP contribution in [0.4, 0.5) is 0 Å². The summed E-state index contributed by atoms with van der Waals surface area (Å²) in [6.45, 7) is 0. The quantitative estimate of drug-likeness (QED) is 0.345. The summed E-state index contributed by atoms with van der Waals surface area (Å²) < 4.78 is 0. The van der Waals surface area contributed by atoms with E-state index < -0.39 is 0 Å². The van der Waals surface area contributed by atoms with Crippen molar-refractivity contribution >= 4 is 66.9 Å². The molecule has 2 radical (unpaired) electrons. The zero-order chi connectivity index (χ0) is 3.41. The van der Waals surface area contributed by atoms with Gasteiger partial charge in [0.15, 0.2) is 0 Å². The Morgan fingerprint density at radius 2 is 1.00 bits per heavy atom. The van der Waals surface area contributed by atoms with E-state index in [1.807, 2.05) is 0 Å². The molecule has 0 amide bonds. The fourth-order valence-corrected chi connectivity index (χ4v) is 0. The minimum Gasteiger partial charge on any atom is 0 e. The molecular weight excluding hydrogens is 439 g/mol. The zero-order valence-electron chi connectivity index (χ0n) is 3.02. The van der Waals surface area contributed by atoms with Crippen LogP contribution in [0.1, 0.15) is 0 Å². The van der Waals surface area contributed by atoms with E-state index in [1.165, 1.54) is 19.7 Å². The molecule has 0 saturated carbocycles. The summed E-state index contributed by atoms with van der Waals surface area (Å²) in [4.78, 5) is 0. The normalized spacial score (nSPS) is 3.75. The van der Waals surface area contributed by atoms with Crippen molar-refractivity contribution in [1.82, 2.24) is 0 Å². The summed E-state index contributed by atoms with van der Waals surface area (Å²) >= 11 is 7.45. The predicted octanol–water partition coefficient (Wildman–Crippen LogP) is 0.598. The predicted molar refractivity (Wildman–Crippen MR) is 44.5 cm³/mol. The Bertz CT molecular complexity index is 16.0. The van der Waals surface area contributed by atoms with E-state index >= 15 is 0 Å². The van der Waals surface area contributed by atoms with Crippen molar-refractivity contribution in [1.29, 1.82) is 0 Å². The van der Waals surface area contributed by atoms with Gasteiger partial charge in [0.25, 0.3) is 0 Å². The Hall–Kier alpha value is 3.86. The Labute approximate surface area is 118 Å². The van der Waals surface area contributed by atoms with Gasteiger partial charge in [0, 0.05) is 53.6 Å². The first-order chi connectivity index (χ1) is 1.91. The molecular formula is H6Cu2S4SnZn. The number of hydrogen-bond acceptors (Lipinski definition) is 4. The van der Waals surface area contributed by atoms with Crippen molar-refractivity contribution in [3.8, 4) is 0 Å². The maximum absolute atomic E-state index is 3.72. The van der Waals surface area contributed by atoms with Gasteiger partial charge in [-0.3, -0.25) is 0 Å². The van der Waals surface area contributed by atoms with Crippen molar-refractivity contribution in [2.24, 2.45) is 0 Å². The summed E-state index contributed by atoms with van der Waals surface area (Å²) in [5.74, 6) is 0. The first kappa shape index (κ1) is 29.7. The van der Waals surface area contributed by atoms with Gasteiger partial charge in [0.05, 0.1) is 0 Å². The first-order valence-electron chi connectivity index (χ1n) is 0.532. The Morgan fingerprint density at radius 3 is 1.00 bits per heavy atom. The topological polar surface area (TPSA) is 0 Å². The van der Waals surface area contributed by atoms with E-state index in [0.29, 0.717) is 0 Å². The number of hydrogen-bond donors (Lipinski definition) is 2. The molecule has 0 nitrogen and oxygen atoms in total. The van der Waals surface area contributed by atoms with Crippen molar-refractivity contribution in [2.75, 3.05) is 0 Å². The van der Waals surface area contributed by atoms with Crippen LogP contribution in [0, 0.1) is 0 Å². The van der Waals surface area contributed by atoms with E-state index in [0.717, 1.165) is 0 Å². The molecule has 0 rings (SSSR count). The van der Waals surface area contributed by atoms with Crippen LogP contribution in [0.2, 0.25) is 0 Å². The molecule has 0 aliphatic rings. The maximum Gasteiger partial charge on any atom is 0 e. The summed E-state index contributed by atoms with van der Waals surface area (Å²) in [6, 6.07) is 0. The fourth-order valence-electron chi connectivity index (χ4n) is 0. The van der Waals surface area contributed by atoms with Crippen LogP contribution in [-0.2, 0) is 53.6 Å². The molecule has 0 spiro atoms. The van der Waals surface area contributed by atoms with E-state index in [-0.39, 0.29) is 77.5 Å². The van der Waals surface area contributed by atoms with E-state index in [2.05, 4.69) is 23.3 Å². The third-order valence-electron chi connectivity index (χ3n) is 0.0333. The molecule has 58 valence electrons. The summed E-state index contributed by atoms with van der Waals surface area (Å²) in [5, 5.41) is 0. The molecule has 8 heavy (non-hydrogen) atoms. The molecule has 0 aromatic carbocycles. The number of rotatable bonds is 1. The van der Waals surface area contributed by atoms with Gasteiger partial charge in [-0.15, -0.1) is 0 Å². The molecule has 0 N–H and O–H groups in total. The second-order valence-electron chi connectivity index (χ2n) is 0.149.